The molecule has 0 atom stereocenters. The van der Waals surface area contributed by atoms with Crippen molar-refractivity contribution < 1.29 is 17.6 Å². The first-order valence-electron chi connectivity index (χ1n) is 3.41. The quantitative estimate of drug-likeness (QED) is 0.737. The van der Waals surface area contributed by atoms with Crippen LogP contribution in [0.5, 0.6) is 0 Å². The van der Waals surface area contributed by atoms with E-state index in [-0.39, 0.29) is 6.01 Å². The van der Waals surface area contributed by atoms with Gasteiger partial charge in [-0.05, 0) is 13.8 Å². The lowest BCUT2D eigenvalue weighted by Gasteiger charge is -2.22. The van der Waals surface area contributed by atoms with Crippen LogP contribution in [-0.4, -0.2) is 16.4 Å². The highest BCUT2D eigenvalue weighted by molar-refractivity contribution is 5.11. The summed E-state index contributed by atoms with van der Waals surface area (Å²) in [7, 11) is 0. The van der Waals surface area contributed by atoms with Crippen LogP contribution in [0.15, 0.2) is 4.42 Å². The molecule has 7 heteroatoms. The van der Waals surface area contributed by atoms with Crippen molar-refractivity contribution in [1.82, 2.24) is 10.2 Å². The van der Waals surface area contributed by atoms with Crippen LogP contribution < -0.4 is 5.73 Å². The summed E-state index contributed by atoms with van der Waals surface area (Å²) in [6.07, 6.45) is -4.44. The minimum absolute atomic E-state index is 0.368. The fraction of sp³-hybridized carbons (Fsp3) is 0.667. The van der Waals surface area contributed by atoms with Crippen LogP contribution in [0.2, 0.25) is 0 Å². The molecule has 0 bridgehead atoms. The van der Waals surface area contributed by atoms with Crippen LogP contribution >= 0.6 is 0 Å². The zero-order valence-electron chi connectivity index (χ0n) is 7.01. The summed E-state index contributed by atoms with van der Waals surface area (Å²) in [5.41, 5.74) is 2.84. The predicted molar refractivity (Wildman–Crippen MR) is 37.8 cm³/mol. The third-order valence-corrected chi connectivity index (χ3v) is 1.68. The minimum Gasteiger partial charge on any atom is -0.407 e. The second-order valence-electron chi connectivity index (χ2n) is 3.07. The third-order valence-electron chi connectivity index (χ3n) is 1.68. The standard InChI is InChI=1S/C6H8F3N3O/c1-5(2,6(7,8)9)3-11-12-4(10)13-3/h1-2H3,(H2,10,12). The second-order valence-corrected chi connectivity index (χ2v) is 3.07. The number of hydrogen-bond acceptors (Lipinski definition) is 4. The molecule has 1 heterocycles. The van der Waals surface area contributed by atoms with Crippen molar-refractivity contribution >= 4 is 6.01 Å². The number of rotatable bonds is 1. The van der Waals surface area contributed by atoms with Gasteiger partial charge >= 0.3 is 12.2 Å². The van der Waals surface area contributed by atoms with E-state index >= 15 is 0 Å². The highest BCUT2D eigenvalue weighted by atomic mass is 19.4. The molecule has 0 fully saturated rings. The average Bonchev–Trinajstić information content (AvgIpc) is 2.33. The molecule has 0 amide bonds. The summed E-state index contributed by atoms with van der Waals surface area (Å²) in [5.74, 6) is -0.530. The Labute approximate surface area is 71.9 Å². The van der Waals surface area contributed by atoms with Gasteiger partial charge in [0.25, 0.3) is 0 Å². The topological polar surface area (TPSA) is 64.9 Å². The Morgan fingerprint density at radius 3 is 2.08 bits per heavy atom. The van der Waals surface area contributed by atoms with E-state index in [1.807, 2.05) is 0 Å². The number of aromatic nitrogens is 2. The van der Waals surface area contributed by atoms with E-state index in [2.05, 4.69) is 14.6 Å². The molecule has 0 aromatic carbocycles. The van der Waals surface area contributed by atoms with Crippen molar-refractivity contribution in [2.75, 3.05) is 5.73 Å². The summed E-state index contributed by atoms with van der Waals surface area (Å²) >= 11 is 0. The lowest BCUT2D eigenvalue weighted by atomic mass is 9.93. The van der Waals surface area contributed by atoms with E-state index in [4.69, 9.17) is 5.73 Å². The van der Waals surface area contributed by atoms with Crippen molar-refractivity contribution in [1.29, 1.82) is 0 Å². The van der Waals surface area contributed by atoms with Crippen molar-refractivity contribution in [3.05, 3.63) is 5.89 Å². The van der Waals surface area contributed by atoms with Crippen LogP contribution in [0.3, 0.4) is 0 Å². The Kier molecular flexibility index (Phi) is 1.97. The monoisotopic (exact) mass is 195 g/mol. The predicted octanol–water partition coefficient (Wildman–Crippen LogP) is 1.49. The summed E-state index contributed by atoms with van der Waals surface area (Å²) in [4.78, 5) is 0. The first kappa shape index (κ1) is 9.82. The normalized spacial score (nSPS) is 13.3. The van der Waals surface area contributed by atoms with Crippen molar-refractivity contribution in [3.8, 4) is 0 Å². The fourth-order valence-electron chi connectivity index (χ4n) is 0.608. The average molecular weight is 195 g/mol. The zero-order chi connectivity index (χ0) is 10.3. The smallest absolute Gasteiger partial charge is 0.402 e. The molecule has 0 saturated carbocycles. The third kappa shape index (κ3) is 1.58. The molecule has 0 spiro atoms. The van der Waals surface area contributed by atoms with E-state index in [0.717, 1.165) is 13.8 Å². The van der Waals surface area contributed by atoms with E-state index in [1.54, 1.807) is 0 Å². The maximum atomic E-state index is 12.4. The first-order chi connectivity index (χ1) is 5.75. The molecular weight excluding hydrogens is 187 g/mol. The van der Waals surface area contributed by atoms with Crippen LogP contribution in [-0.2, 0) is 5.41 Å². The molecule has 1 aromatic rings. The van der Waals surface area contributed by atoms with Gasteiger partial charge < -0.3 is 10.2 Å². The summed E-state index contributed by atoms with van der Waals surface area (Å²) < 4.78 is 41.6. The van der Waals surface area contributed by atoms with E-state index in [0.29, 0.717) is 0 Å². The molecule has 0 aliphatic heterocycles. The number of nitrogens with zero attached hydrogens (tertiary/aromatic N) is 2. The molecule has 0 unspecified atom stereocenters. The Morgan fingerprint density at radius 2 is 1.77 bits per heavy atom. The van der Waals surface area contributed by atoms with Crippen LogP contribution in [0.25, 0.3) is 0 Å². The van der Waals surface area contributed by atoms with Gasteiger partial charge in [-0.1, -0.05) is 5.10 Å². The second kappa shape index (κ2) is 2.61. The van der Waals surface area contributed by atoms with Gasteiger partial charge in [0.1, 0.15) is 5.41 Å². The molecule has 13 heavy (non-hydrogen) atoms. The van der Waals surface area contributed by atoms with Gasteiger partial charge in [-0.2, -0.15) is 13.2 Å². The fourth-order valence-corrected chi connectivity index (χ4v) is 0.608. The number of alkyl halides is 3. The highest BCUT2D eigenvalue weighted by Gasteiger charge is 2.52. The molecular formula is C6H8F3N3O. The molecule has 0 aliphatic carbocycles. The lowest BCUT2D eigenvalue weighted by molar-refractivity contribution is -0.185. The summed E-state index contributed by atoms with van der Waals surface area (Å²) in [5, 5.41) is 6.35. The largest absolute Gasteiger partial charge is 0.407 e. The number of nitrogen functional groups attached to an aromatic ring is 1. The Balaban J connectivity index is 3.07. The number of halogens is 3. The van der Waals surface area contributed by atoms with Crippen molar-refractivity contribution in [2.24, 2.45) is 0 Å². The van der Waals surface area contributed by atoms with Gasteiger partial charge in [0, 0.05) is 0 Å². The Hall–Kier alpha value is -1.27. The molecule has 1 aromatic heterocycles. The molecule has 0 saturated heterocycles. The van der Waals surface area contributed by atoms with Crippen molar-refractivity contribution in [3.63, 3.8) is 0 Å². The molecule has 0 radical (unpaired) electrons. The van der Waals surface area contributed by atoms with Gasteiger partial charge in [0.05, 0.1) is 0 Å². The first-order valence-corrected chi connectivity index (χ1v) is 3.41. The Bertz CT molecular complexity index is 304. The minimum atomic E-state index is -4.44. The molecule has 1 rings (SSSR count). The number of nitrogens with two attached hydrogens (primary N) is 1. The van der Waals surface area contributed by atoms with Gasteiger partial charge in [0.2, 0.25) is 5.89 Å². The van der Waals surface area contributed by atoms with E-state index in [1.165, 1.54) is 0 Å². The highest BCUT2D eigenvalue weighted by Crippen LogP contribution is 2.39. The van der Waals surface area contributed by atoms with Crippen LogP contribution in [0.1, 0.15) is 19.7 Å². The van der Waals surface area contributed by atoms with Gasteiger partial charge in [-0.3, -0.25) is 0 Å². The summed E-state index contributed by atoms with van der Waals surface area (Å²) in [6, 6.07) is -0.368. The van der Waals surface area contributed by atoms with E-state index < -0.39 is 17.5 Å². The van der Waals surface area contributed by atoms with Crippen LogP contribution in [0.4, 0.5) is 19.2 Å². The maximum absolute atomic E-state index is 12.4. The summed E-state index contributed by atoms with van der Waals surface area (Å²) in [6.45, 7) is 1.89. The van der Waals surface area contributed by atoms with Crippen molar-refractivity contribution in [2.45, 2.75) is 25.4 Å². The molecule has 0 aliphatic rings. The molecule has 74 valence electrons. The van der Waals surface area contributed by atoms with Gasteiger partial charge in [-0.25, -0.2) is 0 Å². The van der Waals surface area contributed by atoms with Gasteiger partial charge in [-0.15, -0.1) is 5.10 Å². The number of hydrogen-bond donors (Lipinski definition) is 1. The SMILES string of the molecule is CC(C)(c1nnc(N)o1)C(F)(F)F. The molecule has 4 nitrogen and oxygen atoms in total. The molecule has 2 N–H and O–H groups in total. The maximum Gasteiger partial charge on any atom is 0.402 e. The van der Waals surface area contributed by atoms with Gasteiger partial charge in [0.15, 0.2) is 0 Å². The Morgan fingerprint density at radius 1 is 1.23 bits per heavy atom. The van der Waals surface area contributed by atoms with E-state index in [9.17, 15) is 13.2 Å². The lowest BCUT2D eigenvalue weighted by Crippen LogP contribution is -2.36. The van der Waals surface area contributed by atoms with Crippen LogP contribution in [0, 0.1) is 0 Å². The number of anilines is 1. The zero-order valence-corrected chi connectivity index (χ0v) is 7.01.